The lowest BCUT2D eigenvalue weighted by Gasteiger charge is -2.24. The Labute approximate surface area is 122 Å². The standard InChI is InChI=1S/C16H28N4/c1-13(14-8-4-2-3-5-9-14)17-12-16-19-18-15-10-6-7-11-20(15)16/h13-14,17H,2-12H2,1H3/t13-/m1/s1. The summed E-state index contributed by atoms with van der Waals surface area (Å²) in [5.41, 5.74) is 0. The van der Waals surface area contributed by atoms with Crippen molar-refractivity contribution in [3.8, 4) is 0 Å². The summed E-state index contributed by atoms with van der Waals surface area (Å²) in [6.45, 7) is 4.34. The topological polar surface area (TPSA) is 42.7 Å². The van der Waals surface area contributed by atoms with Crippen molar-refractivity contribution in [1.29, 1.82) is 0 Å². The van der Waals surface area contributed by atoms with Crippen molar-refractivity contribution in [3.05, 3.63) is 11.6 Å². The fourth-order valence-corrected chi connectivity index (χ4v) is 3.73. The van der Waals surface area contributed by atoms with Crippen molar-refractivity contribution in [3.63, 3.8) is 0 Å². The molecule has 3 rings (SSSR count). The maximum absolute atomic E-state index is 4.38. The molecule has 1 N–H and O–H groups in total. The van der Waals surface area contributed by atoms with E-state index in [1.165, 1.54) is 57.2 Å². The van der Waals surface area contributed by atoms with Gasteiger partial charge in [0.15, 0.2) is 0 Å². The van der Waals surface area contributed by atoms with Gasteiger partial charge in [0.2, 0.25) is 0 Å². The molecule has 0 bridgehead atoms. The highest BCUT2D eigenvalue weighted by Gasteiger charge is 2.20. The van der Waals surface area contributed by atoms with Crippen LogP contribution in [0, 0.1) is 5.92 Å². The first-order valence-electron chi connectivity index (χ1n) is 8.49. The molecule has 1 aliphatic heterocycles. The number of fused-ring (bicyclic) bond motifs is 1. The second-order valence-electron chi connectivity index (χ2n) is 6.56. The van der Waals surface area contributed by atoms with Gasteiger partial charge in [0.05, 0.1) is 6.54 Å². The minimum atomic E-state index is 0.602. The zero-order chi connectivity index (χ0) is 13.8. The maximum Gasteiger partial charge on any atom is 0.147 e. The zero-order valence-electron chi connectivity index (χ0n) is 12.8. The lowest BCUT2D eigenvalue weighted by molar-refractivity contribution is 0.331. The van der Waals surface area contributed by atoms with Crippen LogP contribution < -0.4 is 5.32 Å². The first-order chi connectivity index (χ1) is 9.84. The van der Waals surface area contributed by atoms with E-state index in [0.29, 0.717) is 6.04 Å². The quantitative estimate of drug-likeness (QED) is 0.859. The van der Waals surface area contributed by atoms with Gasteiger partial charge in [-0.1, -0.05) is 25.7 Å². The third-order valence-electron chi connectivity index (χ3n) is 5.13. The smallest absolute Gasteiger partial charge is 0.147 e. The third kappa shape index (κ3) is 3.22. The molecule has 0 spiro atoms. The average Bonchev–Trinajstić information content (AvgIpc) is 2.70. The van der Waals surface area contributed by atoms with E-state index in [1.807, 2.05) is 0 Å². The van der Waals surface area contributed by atoms with Crippen molar-refractivity contribution in [2.24, 2.45) is 5.92 Å². The van der Waals surface area contributed by atoms with Crippen LogP contribution in [0.25, 0.3) is 0 Å². The van der Waals surface area contributed by atoms with E-state index in [-0.39, 0.29) is 0 Å². The van der Waals surface area contributed by atoms with Gasteiger partial charge in [0.1, 0.15) is 11.6 Å². The Morgan fingerprint density at radius 2 is 1.90 bits per heavy atom. The SMILES string of the molecule is C[C@@H](NCc1nnc2n1CCCC2)C1CCCCCC1. The number of hydrogen-bond acceptors (Lipinski definition) is 3. The van der Waals surface area contributed by atoms with Gasteiger partial charge in [0.25, 0.3) is 0 Å². The largest absolute Gasteiger partial charge is 0.314 e. The van der Waals surface area contributed by atoms with E-state index >= 15 is 0 Å². The normalized spacial score (nSPS) is 22.2. The monoisotopic (exact) mass is 276 g/mol. The molecule has 0 saturated heterocycles. The fourth-order valence-electron chi connectivity index (χ4n) is 3.73. The molecule has 1 aliphatic carbocycles. The number of rotatable bonds is 4. The van der Waals surface area contributed by atoms with E-state index in [9.17, 15) is 0 Å². The molecule has 4 nitrogen and oxygen atoms in total. The summed E-state index contributed by atoms with van der Waals surface area (Å²) in [7, 11) is 0. The lowest BCUT2D eigenvalue weighted by atomic mass is 9.93. The second-order valence-corrected chi connectivity index (χ2v) is 6.56. The molecular formula is C16H28N4. The van der Waals surface area contributed by atoms with Crippen LogP contribution in [0.3, 0.4) is 0 Å². The van der Waals surface area contributed by atoms with Gasteiger partial charge in [-0.2, -0.15) is 0 Å². The Morgan fingerprint density at radius 3 is 2.70 bits per heavy atom. The van der Waals surface area contributed by atoms with Crippen molar-refractivity contribution < 1.29 is 0 Å². The highest BCUT2D eigenvalue weighted by molar-refractivity contribution is 4.99. The summed E-state index contributed by atoms with van der Waals surface area (Å²) >= 11 is 0. The summed E-state index contributed by atoms with van der Waals surface area (Å²) in [4.78, 5) is 0. The van der Waals surface area contributed by atoms with Gasteiger partial charge in [-0.25, -0.2) is 0 Å². The highest BCUT2D eigenvalue weighted by Crippen LogP contribution is 2.25. The molecule has 1 atom stereocenters. The summed E-state index contributed by atoms with van der Waals surface area (Å²) in [6.07, 6.45) is 12.1. The summed E-state index contributed by atoms with van der Waals surface area (Å²) < 4.78 is 2.33. The molecule has 0 amide bonds. The Kier molecular flexibility index (Phi) is 4.71. The van der Waals surface area contributed by atoms with E-state index in [4.69, 9.17) is 0 Å². The molecule has 2 heterocycles. The maximum atomic E-state index is 4.38. The molecule has 0 aromatic carbocycles. The fraction of sp³-hybridized carbons (Fsp3) is 0.875. The molecule has 0 radical (unpaired) electrons. The van der Waals surface area contributed by atoms with Crippen molar-refractivity contribution in [2.75, 3.05) is 0 Å². The van der Waals surface area contributed by atoms with Crippen LogP contribution in [-0.2, 0) is 19.5 Å². The van der Waals surface area contributed by atoms with E-state index < -0.39 is 0 Å². The minimum Gasteiger partial charge on any atom is -0.314 e. The van der Waals surface area contributed by atoms with Crippen molar-refractivity contribution in [2.45, 2.75) is 83.8 Å². The molecule has 0 unspecified atom stereocenters. The Balaban J connectivity index is 1.54. The van der Waals surface area contributed by atoms with E-state index in [2.05, 4.69) is 27.0 Å². The third-order valence-corrected chi connectivity index (χ3v) is 5.13. The van der Waals surface area contributed by atoms with Gasteiger partial charge in [0, 0.05) is 19.0 Å². The Morgan fingerprint density at radius 1 is 1.10 bits per heavy atom. The number of aryl methyl sites for hydroxylation is 1. The molecule has 4 heteroatoms. The zero-order valence-corrected chi connectivity index (χ0v) is 12.8. The molecule has 2 aliphatic rings. The van der Waals surface area contributed by atoms with E-state index in [0.717, 1.165) is 31.3 Å². The van der Waals surface area contributed by atoms with Gasteiger partial charge < -0.3 is 9.88 Å². The molecule has 1 aromatic rings. The highest BCUT2D eigenvalue weighted by atomic mass is 15.3. The second kappa shape index (κ2) is 6.70. The van der Waals surface area contributed by atoms with Crippen LogP contribution in [0.2, 0.25) is 0 Å². The van der Waals surface area contributed by atoms with Gasteiger partial charge in [-0.3, -0.25) is 0 Å². The molecule has 1 saturated carbocycles. The Bertz CT molecular complexity index is 418. The van der Waals surface area contributed by atoms with Crippen LogP contribution in [-0.4, -0.2) is 20.8 Å². The van der Waals surface area contributed by atoms with Crippen LogP contribution >= 0.6 is 0 Å². The molecule has 20 heavy (non-hydrogen) atoms. The van der Waals surface area contributed by atoms with Crippen molar-refractivity contribution in [1.82, 2.24) is 20.1 Å². The molecule has 1 aromatic heterocycles. The lowest BCUT2D eigenvalue weighted by Crippen LogP contribution is -2.34. The van der Waals surface area contributed by atoms with Crippen molar-refractivity contribution >= 4 is 0 Å². The average molecular weight is 276 g/mol. The number of nitrogens with zero attached hydrogens (tertiary/aromatic N) is 3. The Hall–Kier alpha value is -0.900. The number of hydrogen-bond donors (Lipinski definition) is 1. The molecule has 112 valence electrons. The summed E-state index contributed by atoms with van der Waals surface area (Å²) in [5.74, 6) is 3.18. The van der Waals surface area contributed by atoms with Gasteiger partial charge >= 0.3 is 0 Å². The number of nitrogens with one attached hydrogen (secondary N) is 1. The molecule has 1 fully saturated rings. The summed E-state index contributed by atoms with van der Waals surface area (Å²) in [6, 6.07) is 0.602. The summed E-state index contributed by atoms with van der Waals surface area (Å²) in [5, 5.41) is 12.4. The minimum absolute atomic E-state index is 0.602. The van der Waals surface area contributed by atoms with Crippen LogP contribution in [0.15, 0.2) is 0 Å². The molecular weight excluding hydrogens is 248 g/mol. The first-order valence-corrected chi connectivity index (χ1v) is 8.49. The predicted molar refractivity (Wildman–Crippen MR) is 80.5 cm³/mol. The van der Waals surface area contributed by atoms with Crippen LogP contribution in [0.5, 0.6) is 0 Å². The van der Waals surface area contributed by atoms with E-state index in [1.54, 1.807) is 0 Å². The predicted octanol–water partition coefficient (Wildman–Crippen LogP) is 3.06. The van der Waals surface area contributed by atoms with Gasteiger partial charge in [-0.15, -0.1) is 10.2 Å². The number of aromatic nitrogens is 3. The first kappa shape index (κ1) is 14.1. The van der Waals surface area contributed by atoms with Crippen LogP contribution in [0.1, 0.15) is 69.9 Å². The van der Waals surface area contributed by atoms with Crippen LogP contribution in [0.4, 0.5) is 0 Å². The van der Waals surface area contributed by atoms with Gasteiger partial charge in [-0.05, 0) is 38.5 Å².